The molecule has 1 N–H and O–H groups in total. The molecule has 9 nitrogen and oxygen atoms in total. The van der Waals surface area contributed by atoms with Crippen molar-refractivity contribution in [1.29, 1.82) is 0 Å². The number of carbonyl (C=O) groups excluding carboxylic acids is 3. The lowest BCUT2D eigenvalue weighted by Crippen LogP contribution is -2.43. The number of Topliss-reactive ketones (excluding diaryl/α,β-unsaturated/α-hetero) is 1. The highest BCUT2D eigenvalue weighted by Crippen LogP contribution is 2.47. The van der Waals surface area contributed by atoms with Gasteiger partial charge < -0.3 is 29.0 Å². The predicted molar refractivity (Wildman–Crippen MR) is 115 cm³/mol. The molecule has 1 aromatic rings. The number of hydrogen-bond donors (Lipinski definition) is 1. The summed E-state index contributed by atoms with van der Waals surface area (Å²) < 4.78 is 26.3. The number of dihydropyridines is 1. The van der Waals surface area contributed by atoms with E-state index in [0.717, 1.165) is 0 Å². The van der Waals surface area contributed by atoms with Crippen LogP contribution in [0, 0.1) is 11.8 Å². The number of nitrogens with one attached hydrogen (secondary N) is 1. The number of fused-ring (bicyclic) bond motifs is 1. The van der Waals surface area contributed by atoms with Crippen molar-refractivity contribution in [2.75, 3.05) is 34.2 Å². The molecule has 33 heavy (non-hydrogen) atoms. The summed E-state index contributed by atoms with van der Waals surface area (Å²) in [6.07, 6.45) is 0.464. The summed E-state index contributed by atoms with van der Waals surface area (Å²) in [5.74, 6) is -2.33. The Kier molecular flexibility index (Phi) is 6.42. The van der Waals surface area contributed by atoms with E-state index >= 15 is 0 Å². The largest absolute Gasteiger partial charge is 0.468 e. The van der Waals surface area contributed by atoms with E-state index in [1.165, 1.54) is 14.2 Å². The minimum absolute atomic E-state index is 0.0711. The van der Waals surface area contributed by atoms with E-state index in [0.29, 0.717) is 46.0 Å². The summed E-state index contributed by atoms with van der Waals surface area (Å²) in [5.41, 5.74) is 2.62. The number of rotatable bonds is 6. The second kappa shape index (κ2) is 9.27. The normalized spacial score (nSPS) is 23.8. The zero-order chi connectivity index (χ0) is 23.7. The molecule has 0 saturated heterocycles. The van der Waals surface area contributed by atoms with Gasteiger partial charge in [0.1, 0.15) is 12.5 Å². The molecule has 3 atom stereocenters. The highest BCUT2D eigenvalue weighted by Gasteiger charge is 2.47. The highest BCUT2D eigenvalue weighted by molar-refractivity contribution is 6.12. The van der Waals surface area contributed by atoms with Crippen molar-refractivity contribution < 1.29 is 38.1 Å². The summed E-state index contributed by atoms with van der Waals surface area (Å²) in [4.78, 5) is 39.3. The SMILES string of the molecule is COCCOC(=O)C1=C(C)NC2=C(C(=O)[C@@H](C(=O)OC)[C@@H](C)C2)[C@@H]1c1ccc2c(c1)OCO2. The number of benzene rings is 1. The number of esters is 2. The van der Waals surface area contributed by atoms with E-state index < -0.39 is 23.8 Å². The first-order valence-corrected chi connectivity index (χ1v) is 10.8. The third-order valence-corrected chi connectivity index (χ3v) is 6.21. The summed E-state index contributed by atoms with van der Waals surface area (Å²) in [6, 6.07) is 5.30. The van der Waals surface area contributed by atoms with Crippen molar-refractivity contribution in [3.63, 3.8) is 0 Å². The van der Waals surface area contributed by atoms with Gasteiger partial charge in [0.25, 0.3) is 0 Å². The lowest BCUT2D eigenvalue weighted by Gasteiger charge is -2.38. The number of carbonyl (C=O) groups is 3. The standard InChI is InChI=1S/C24H27NO8/c1-12-9-15-21(22(26)18(12)23(27)30-4)20(14-5-6-16-17(10-14)33-11-32-16)19(13(2)25-15)24(28)31-8-7-29-3/h5-6,10,12,18,20,25H,7-9,11H2,1-4H3/t12-,18-,20+/m0/s1. The van der Waals surface area contributed by atoms with Crippen molar-refractivity contribution >= 4 is 17.7 Å². The van der Waals surface area contributed by atoms with Crippen LogP contribution in [0.1, 0.15) is 31.7 Å². The van der Waals surface area contributed by atoms with Crippen molar-refractivity contribution in [2.24, 2.45) is 11.8 Å². The van der Waals surface area contributed by atoms with E-state index in [1.54, 1.807) is 25.1 Å². The second-order valence-corrected chi connectivity index (χ2v) is 8.28. The quantitative estimate of drug-likeness (QED) is 0.391. The topological polar surface area (TPSA) is 109 Å². The first-order chi connectivity index (χ1) is 15.9. The first kappa shape index (κ1) is 22.8. The van der Waals surface area contributed by atoms with E-state index in [-0.39, 0.29) is 31.7 Å². The van der Waals surface area contributed by atoms with Gasteiger partial charge in [-0.2, -0.15) is 0 Å². The van der Waals surface area contributed by atoms with Gasteiger partial charge in [0.15, 0.2) is 17.3 Å². The Bertz CT molecular complexity index is 1060. The number of allylic oxidation sites excluding steroid dienone is 3. The average Bonchev–Trinajstić information content (AvgIpc) is 3.25. The molecule has 0 unspecified atom stereocenters. The van der Waals surface area contributed by atoms with Crippen molar-refractivity contribution in [3.8, 4) is 11.5 Å². The van der Waals surface area contributed by atoms with Gasteiger partial charge in [-0.15, -0.1) is 0 Å². The van der Waals surface area contributed by atoms with Gasteiger partial charge in [-0.1, -0.05) is 13.0 Å². The van der Waals surface area contributed by atoms with Gasteiger partial charge in [-0.05, 0) is 37.0 Å². The molecule has 2 heterocycles. The van der Waals surface area contributed by atoms with Crippen molar-refractivity contribution in [2.45, 2.75) is 26.2 Å². The summed E-state index contributed by atoms with van der Waals surface area (Å²) in [7, 11) is 2.78. The Hall–Kier alpha value is -3.33. The molecule has 0 spiro atoms. The summed E-state index contributed by atoms with van der Waals surface area (Å²) in [6.45, 7) is 4.03. The summed E-state index contributed by atoms with van der Waals surface area (Å²) in [5, 5.41) is 3.23. The molecule has 0 amide bonds. The predicted octanol–water partition coefficient (Wildman–Crippen LogP) is 2.22. The molecule has 3 aliphatic rings. The zero-order valence-corrected chi connectivity index (χ0v) is 19.1. The molecule has 0 fully saturated rings. The molecule has 0 saturated carbocycles. The third-order valence-electron chi connectivity index (χ3n) is 6.21. The van der Waals surface area contributed by atoms with Crippen LogP contribution in [0.5, 0.6) is 11.5 Å². The Morgan fingerprint density at radius 2 is 1.91 bits per heavy atom. The fraction of sp³-hybridized carbons (Fsp3) is 0.458. The van der Waals surface area contributed by atoms with Crippen LogP contribution < -0.4 is 14.8 Å². The van der Waals surface area contributed by atoms with Gasteiger partial charge in [0.2, 0.25) is 6.79 Å². The maximum atomic E-state index is 13.7. The van der Waals surface area contributed by atoms with Crippen LogP contribution >= 0.6 is 0 Å². The van der Waals surface area contributed by atoms with Crippen LogP contribution in [0.15, 0.2) is 40.7 Å². The maximum absolute atomic E-state index is 13.7. The fourth-order valence-corrected chi connectivity index (χ4v) is 4.67. The van der Waals surface area contributed by atoms with Gasteiger partial charge in [-0.25, -0.2) is 4.79 Å². The minimum Gasteiger partial charge on any atom is -0.468 e. The monoisotopic (exact) mass is 457 g/mol. The fourth-order valence-electron chi connectivity index (χ4n) is 4.67. The van der Waals surface area contributed by atoms with Gasteiger partial charge in [-0.3, -0.25) is 9.59 Å². The Morgan fingerprint density at radius 1 is 1.15 bits per heavy atom. The second-order valence-electron chi connectivity index (χ2n) is 8.28. The van der Waals surface area contributed by atoms with Crippen LogP contribution in [0.25, 0.3) is 0 Å². The lowest BCUT2D eigenvalue weighted by molar-refractivity contribution is -0.151. The molecule has 0 bridgehead atoms. The van der Waals surface area contributed by atoms with Crippen LogP contribution in [0.4, 0.5) is 0 Å². The Balaban J connectivity index is 1.82. The highest BCUT2D eigenvalue weighted by atomic mass is 16.7. The van der Waals surface area contributed by atoms with E-state index in [1.807, 2.05) is 6.92 Å². The van der Waals surface area contributed by atoms with Crippen molar-refractivity contribution in [3.05, 3.63) is 46.3 Å². The van der Waals surface area contributed by atoms with Crippen molar-refractivity contribution in [1.82, 2.24) is 5.32 Å². The van der Waals surface area contributed by atoms with Gasteiger partial charge >= 0.3 is 11.9 Å². The van der Waals surface area contributed by atoms with Crippen LogP contribution in [-0.2, 0) is 28.6 Å². The van der Waals surface area contributed by atoms with E-state index in [2.05, 4.69) is 5.32 Å². The molecule has 9 heteroatoms. The molecule has 2 aliphatic heterocycles. The molecule has 0 radical (unpaired) electrons. The maximum Gasteiger partial charge on any atom is 0.336 e. The Labute approximate surface area is 191 Å². The smallest absolute Gasteiger partial charge is 0.336 e. The zero-order valence-electron chi connectivity index (χ0n) is 19.1. The molecule has 1 aliphatic carbocycles. The van der Waals surface area contributed by atoms with Crippen LogP contribution in [0.2, 0.25) is 0 Å². The molecule has 1 aromatic carbocycles. The molecular weight excluding hydrogens is 430 g/mol. The molecule has 176 valence electrons. The average molecular weight is 457 g/mol. The number of ether oxygens (including phenoxy) is 5. The summed E-state index contributed by atoms with van der Waals surface area (Å²) >= 11 is 0. The number of hydrogen-bond acceptors (Lipinski definition) is 9. The molecule has 4 rings (SSSR count). The van der Waals surface area contributed by atoms with E-state index in [4.69, 9.17) is 23.7 Å². The van der Waals surface area contributed by atoms with Gasteiger partial charge in [0, 0.05) is 30.0 Å². The molecule has 0 aromatic heterocycles. The minimum atomic E-state index is -0.948. The molecular formula is C24H27NO8. The van der Waals surface area contributed by atoms with Crippen LogP contribution in [0.3, 0.4) is 0 Å². The number of ketones is 1. The third kappa shape index (κ3) is 4.08. The lowest BCUT2D eigenvalue weighted by atomic mass is 9.69. The number of methoxy groups -OCH3 is 2. The van der Waals surface area contributed by atoms with Gasteiger partial charge in [0.05, 0.1) is 19.3 Å². The first-order valence-electron chi connectivity index (χ1n) is 10.8. The van der Waals surface area contributed by atoms with E-state index in [9.17, 15) is 14.4 Å². The Morgan fingerprint density at radius 3 is 2.64 bits per heavy atom. The van der Waals surface area contributed by atoms with Crippen LogP contribution in [-0.4, -0.2) is 51.9 Å².